The highest BCUT2D eigenvalue weighted by Gasteiger charge is 2.21. The first-order valence-electron chi connectivity index (χ1n) is 7.78. The maximum atomic E-state index is 11.8. The summed E-state index contributed by atoms with van der Waals surface area (Å²) >= 11 is 0. The molecule has 2 heterocycles. The Bertz CT molecular complexity index is 683. The molecule has 0 amide bonds. The van der Waals surface area contributed by atoms with E-state index >= 15 is 0 Å². The predicted molar refractivity (Wildman–Crippen MR) is 86.7 cm³/mol. The molecular weight excluding hydrogens is 294 g/mol. The Balaban J connectivity index is 1.60. The van der Waals surface area contributed by atoms with Crippen molar-refractivity contribution in [3.63, 3.8) is 0 Å². The Morgan fingerprint density at radius 3 is 2.87 bits per heavy atom. The van der Waals surface area contributed by atoms with Crippen LogP contribution in [-0.4, -0.2) is 37.8 Å². The summed E-state index contributed by atoms with van der Waals surface area (Å²) in [6.45, 7) is 2.96. The van der Waals surface area contributed by atoms with Crippen LogP contribution in [0.5, 0.6) is 5.75 Å². The van der Waals surface area contributed by atoms with Crippen LogP contribution in [0.3, 0.4) is 0 Å². The zero-order valence-corrected chi connectivity index (χ0v) is 13.2. The SMILES string of the molecule is COc1coc(CN2CCOC(Cc3ccccc3)C2)cc1=O. The molecule has 1 aromatic heterocycles. The number of rotatable bonds is 5. The average Bonchev–Trinajstić information content (AvgIpc) is 2.56. The van der Waals surface area contributed by atoms with E-state index in [2.05, 4.69) is 17.0 Å². The average molecular weight is 315 g/mol. The van der Waals surface area contributed by atoms with Gasteiger partial charge in [0.05, 0.1) is 26.4 Å². The molecule has 0 saturated carbocycles. The Morgan fingerprint density at radius 2 is 2.13 bits per heavy atom. The van der Waals surface area contributed by atoms with Crippen LogP contribution in [0.15, 0.2) is 51.9 Å². The summed E-state index contributed by atoms with van der Waals surface area (Å²) in [5.41, 5.74) is 1.12. The molecular formula is C18H21NO4. The van der Waals surface area contributed by atoms with E-state index in [0.717, 1.165) is 19.5 Å². The van der Waals surface area contributed by atoms with Gasteiger partial charge in [-0.05, 0) is 12.0 Å². The maximum Gasteiger partial charge on any atom is 0.227 e. The van der Waals surface area contributed by atoms with Crippen molar-refractivity contribution in [2.75, 3.05) is 26.8 Å². The molecule has 2 aromatic rings. The van der Waals surface area contributed by atoms with Crippen LogP contribution < -0.4 is 10.2 Å². The van der Waals surface area contributed by atoms with Gasteiger partial charge in [-0.25, -0.2) is 0 Å². The lowest BCUT2D eigenvalue weighted by atomic mass is 10.1. The van der Waals surface area contributed by atoms with Crippen molar-refractivity contribution in [2.24, 2.45) is 0 Å². The minimum absolute atomic E-state index is 0.150. The van der Waals surface area contributed by atoms with Crippen LogP contribution in [0.1, 0.15) is 11.3 Å². The highest BCUT2D eigenvalue weighted by atomic mass is 16.5. The molecule has 1 unspecified atom stereocenters. The zero-order valence-electron chi connectivity index (χ0n) is 13.2. The number of hydrogen-bond acceptors (Lipinski definition) is 5. The minimum atomic E-state index is -0.150. The van der Waals surface area contributed by atoms with E-state index in [1.807, 2.05) is 18.2 Å². The molecule has 122 valence electrons. The van der Waals surface area contributed by atoms with Crippen molar-refractivity contribution < 1.29 is 13.9 Å². The fourth-order valence-electron chi connectivity index (χ4n) is 2.82. The van der Waals surface area contributed by atoms with Gasteiger partial charge in [-0.2, -0.15) is 0 Å². The third kappa shape index (κ3) is 4.21. The summed E-state index contributed by atoms with van der Waals surface area (Å²) in [5.74, 6) is 0.883. The molecule has 23 heavy (non-hydrogen) atoms. The van der Waals surface area contributed by atoms with Gasteiger partial charge in [0.1, 0.15) is 12.0 Å². The fraction of sp³-hybridized carbons (Fsp3) is 0.389. The number of ether oxygens (including phenoxy) is 2. The Hall–Kier alpha value is -2.11. The Morgan fingerprint density at radius 1 is 1.30 bits per heavy atom. The second-order valence-electron chi connectivity index (χ2n) is 5.70. The van der Waals surface area contributed by atoms with E-state index in [1.165, 1.54) is 25.0 Å². The van der Waals surface area contributed by atoms with E-state index in [-0.39, 0.29) is 17.3 Å². The topological polar surface area (TPSA) is 51.9 Å². The maximum absolute atomic E-state index is 11.8. The molecule has 0 radical (unpaired) electrons. The molecule has 1 saturated heterocycles. The van der Waals surface area contributed by atoms with Crippen molar-refractivity contribution in [2.45, 2.75) is 19.1 Å². The lowest BCUT2D eigenvalue weighted by Gasteiger charge is -2.32. The molecule has 5 heteroatoms. The van der Waals surface area contributed by atoms with Gasteiger partial charge in [0.2, 0.25) is 11.2 Å². The molecule has 5 nitrogen and oxygen atoms in total. The van der Waals surface area contributed by atoms with Crippen molar-refractivity contribution >= 4 is 0 Å². The third-order valence-electron chi connectivity index (χ3n) is 3.98. The van der Waals surface area contributed by atoms with Crippen molar-refractivity contribution in [1.82, 2.24) is 4.90 Å². The van der Waals surface area contributed by atoms with Gasteiger partial charge in [0.25, 0.3) is 0 Å². The van der Waals surface area contributed by atoms with Gasteiger partial charge < -0.3 is 13.9 Å². The molecule has 3 rings (SSSR count). The van der Waals surface area contributed by atoms with E-state index in [0.29, 0.717) is 18.9 Å². The monoisotopic (exact) mass is 315 g/mol. The van der Waals surface area contributed by atoms with Crippen molar-refractivity contribution in [1.29, 1.82) is 0 Å². The van der Waals surface area contributed by atoms with Crippen LogP contribution in [0.2, 0.25) is 0 Å². The Labute approximate surface area is 135 Å². The second-order valence-corrected chi connectivity index (χ2v) is 5.70. The summed E-state index contributed by atoms with van der Waals surface area (Å²) in [6, 6.07) is 11.8. The molecule has 0 aliphatic carbocycles. The van der Waals surface area contributed by atoms with Crippen molar-refractivity contribution in [3.05, 3.63) is 64.2 Å². The van der Waals surface area contributed by atoms with Crippen molar-refractivity contribution in [3.8, 4) is 5.75 Å². The first kappa shape index (κ1) is 15.8. The number of methoxy groups -OCH3 is 1. The van der Waals surface area contributed by atoms with Gasteiger partial charge in [0.15, 0.2) is 0 Å². The van der Waals surface area contributed by atoms with Gasteiger partial charge in [0, 0.05) is 19.2 Å². The predicted octanol–water partition coefficient (Wildman–Crippen LogP) is 2.09. The lowest BCUT2D eigenvalue weighted by Crippen LogP contribution is -2.42. The molecule has 1 aromatic carbocycles. The van der Waals surface area contributed by atoms with Crippen LogP contribution in [0.25, 0.3) is 0 Å². The highest BCUT2D eigenvalue weighted by molar-refractivity contribution is 5.18. The number of nitrogens with zero attached hydrogens (tertiary/aromatic N) is 1. The molecule has 1 aliphatic rings. The zero-order chi connectivity index (χ0) is 16.1. The molecule has 1 atom stereocenters. The van der Waals surface area contributed by atoms with E-state index in [1.54, 1.807) is 0 Å². The molecule has 0 N–H and O–H groups in total. The first-order chi connectivity index (χ1) is 11.2. The fourth-order valence-corrected chi connectivity index (χ4v) is 2.82. The lowest BCUT2D eigenvalue weighted by molar-refractivity contribution is -0.0324. The summed E-state index contributed by atoms with van der Waals surface area (Å²) < 4.78 is 16.3. The molecule has 1 fully saturated rings. The number of hydrogen-bond donors (Lipinski definition) is 0. The van der Waals surface area contributed by atoms with Crippen LogP contribution >= 0.6 is 0 Å². The highest BCUT2D eigenvalue weighted by Crippen LogP contribution is 2.14. The van der Waals surface area contributed by atoms with Crippen LogP contribution in [-0.2, 0) is 17.7 Å². The summed E-state index contributed by atoms with van der Waals surface area (Å²) in [5, 5.41) is 0. The molecule has 0 spiro atoms. The minimum Gasteiger partial charge on any atom is -0.490 e. The first-order valence-corrected chi connectivity index (χ1v) is 7.78. The van der Waals surface area contributed by atoms with Gasteiger partial charge in [-0.15, -0.1) is 0 Å². The normalized spacial score (nSPS) is 18.7. The van der Waals surface area contributed by atoms with E-state index in [4.69, 9.17) is 13.9 Å². The van der Waals surface area contributed by atoms with Crippen LogP contribution in [0.4, 0.5) is 0 Å². The van der Waals surface area contributed by atoms with Gasteiger partial charge >= 0.3 is 0 Å². The molecule has 0 bridgehead atoms. The number of benzene rings is 1. The van der Waals surface area contributed by atoms with Gasteiger partial charge in [-0.1, -0.05) is 30.3 Å². The molecule has 1 aliphatic heterocycles. The third-order valence-corrected chi connectivity index (χ3v) is 3.98. The summed E-state index contributed by atoms with van der Waals surface area (Å²) in [7, 11) is 1.46. The Kier molecular flexibility index (Phi) is 5.10. The van der Waals surface area contributed by atoms with E-state index in [9.17, 15) is 4.79 Å². The van der Waals surface area contributed by atoms with Gasteiger partial charge in [-0.3, -0.25) is 9.69 Å². The summed E-state index contributed by atoms with van der Waals surface area (Å²) in [6.07, 6.45) is 2.43. The number of morpholine rings is 1. The summed E-state index contributed by atoms with van der Waals surface area (Å²) in [4.78, 5) is 14.0. The standard InChI is InChI=1S/C18H21NO4/c1-21-18-13-23-16(10-17(18)20)12-19-7-8-22-15(11-19)9-14-5-3-2-4-6-14/h2-6,10,13,15H,7-9,11-12H2,1H3. The smallest absolute Gasteiger partial charge is 0.227 e. The quantitative estimate of drug-likeness (QED) is 0.846. The largest absolute Gasteiger partial charge is 0.490 e. The van der Waals surface area contributed by atoms with E-state index < -0.39 is 0 Å². The second kappa shape index (κ2) is 7.44. The van der Waals surface area contributed by atoms with Crippen LogP contribution in [0, 0.1) is 0 Å².